The fraction of sp³-hybridized carbons (Fsp3) is 0.560. The van der Waals surface area contributed by atoms with E-state index in [1.165, 1.54) is 11.1 Å². The molecule has 0 spiro atoms. The number of aromatic nitrogens is 2. The number of benzene rings is 1. The number of nitrogens with one attached hydrogen (secondary N) is 1. The van der Waals surface area contributed by atoms with Gasteiger partial charge in [-0.05, 0) is 83.0 Å². The van der Waals surface area contributed by atoms with Crippen LogP contribution in [0, 0.1) is 23.2 Å². The zero-order valence-corrected chi connectivity index (χ0v) is 20.6. The maximum absolute atomic E-state index is 13.1. The highest BCUT2D eigenvalue weighted by molar-refractivity contribution is 9.10. The average Bonchev–Trinajstić information content (AvgIpc) is 3.32. The summed E-state index contributed by atoms with van der Waals surface area (Å²) in [4.78, 5) is 27.8. The predicted molar refractivity (Wildman–Crippen MR) is 129 cm³/mol. The second-order valence-corrected chi connectivity index (χ2v) is 11.1. The quantitative estimate of drug-likeness (QED) is 0.662. The summed E-state index contributed by atoms with van der Waals surface area (Å²) in [5.41, 5.74) is 2.13. The van der Waals surface area contributed by atoms with E-state index in [2.05, 4.69) is 47.1 Å². The summed E-state index contributed by atoms with van der Waals surface area (Å²) in [5.74, 6) is 2.03. The minimum Gasteiger partial charge on any atom is -0.380 e. The molecule has 2 bridgehead atoms. The summed E-state index contributed by atoms with van der Waals surface area (Å²) in [6, 6.07) is 7.53. The second-order valence-electron chi connectivity index (χ2n) is 10.3. The van der Waals surface area contributed by atoms with Crippen LogP contribution >= 0.6 is 15.9 Å². The Morgan fingerprint density at radius 3 is 2.66 bits per heavy atom. The van der Waals surface area contributed by atoms with Crippen molar-refractivity contribution < 1.29 is 4.79 Å². The van der Waals surface area contributed by atoms with Gasteiger partial charge in [-0.2, -0.15) is 9.78 Å². The van der Waals surface area contributed by atoms with Gasteiger partial charge in [0.05, 0.1) is 17.6 Å². The third-order valence-corrected chi connectivity index (χ3v) is 9.11. The molecule has 1 N–H and O–H groups in total. The molecule has 6 nitrogen and oxygen atoms in total. The summed E-state index contributed by atoms with van der Waals surface area (Å²) in [6.07, 6.45) is 6.26. The standard InChI is InChI=1S/C25H31BrN4O2/c1-15-19-12-17(25(19,2)3)13-20(15)28-21-14-27-30(24(32)22(21)26)18-8-6-7-16(11-18)23(31)29-9-4-5-10-29/h6-8,11,14-15,17,19-20,28H,4-5,9-10,12-13H2,1-3H3/t15?,17-,19+,20+/m0/s1. The molecule has 3 saturated carbocycles. The molecular formula is C25H31BrN4O2. The van der Waals surface area contributed by atoms with Crippen LogP contribution < -0.4 is 10.9 Å². The molecular weight excluding hydrogens is 468 g/mol. The van der Waals surface area contributed by atoms with Gasteiger partial charge in [-0.25, -0.2) is 0 Å². The van der Waals surface area contributed by atoms with Gasteiger partial charge >= 0.3 is 0 Å². The van der Waals surface area contributed by atoms with Crippen molar-refractivity contribution in [3.63, 3.8) is 0 Å². The highest BCUT2D eigenvalue weighted by Gasteiger charge is 2.56. The number of halogens is 1. The molecule has 1 aromatic carbocycles. The van der Waals surface area contributed by atoms with Gasteiger partial charge in [-0.15, -0.1) is 0 Å². The topological polar surface area (TPSA) is 67.2 Å². The summed E-state index contributed by atoms with van der Waals surface area (Å²) in [5, 5.41) is 8.04. The first-order chi connectivity index (χ1) is 15.3. The highest BCUT2D eigenvalue weighted by atomic mass is 79.9. The molecule has 7 heteroatoms. The number of rotatable bonds is 4. The molecule has 4 atom stereocenters. The molecule has 1 saturated heterocycles. The summed E-state index contributed by atoms with van der Waals surface area (Å²) in [6.45, 7) is 8.70. The van der Waals surface area contributed by atoms with Crippen LogP contribution in [0.25, 0.3) is 5.69 Å². The van der Waals surface area contributed by atoms with Crippen molar-refractivity contribution >= 4 is 27.5 Å². The molecule has 3 aliphatic carbocycles. The SMILES string of the molecule is CC1[C@H]2C[C@@H](C[C@H]1Nc1cnn(-c3cccc(C(=O)N4CCCC4)c3)c(=O)c1Br)C2(C)C. The lowest BCUT2D eigenvalue weighted by Gasteiger charge is -2.62. The Balaban J connectivity index is 1.37. The van der Waals surface area contributed by atoms with Crippen molar-refractivity contribution in [3.05, 3.63) is 50.9 Å². The van der Waals surface area contributed by atoms with Crippen molar-refractivity contribution in [3.8, 4) is 5.69 Å². The molecule has 0 radical (unpaired) electrons. The Bertz CT molecular complexity index is 1110. The molecule has 32 heavy (non-hydrogen) atoms. The average molecular weight is 499 g/mol. The number of fused-ring (bicyclic) bond motifs is 2. The van der Waals surface area contributed by atoms with Gasteiger partial charge in [-0.3, -0.25) is 9.59 Å². The van der Waals surface area contributed by atoms with Crippen LogP contribution in [0.1, 0.15) is 56.8 Å². The maximum Gasteiger partial charge on any atom is 0.287 e. The van der Waals surface area contributed by atoms with E-state index in [1.807, 2.05) is 17.0 Å². The van der Waals surface area contributed by atoms with Crippen LogP contribution in [-0.2, 0) is 0 Å². The van der Waals surface area contributed by atoms with Crippen LogP contribution in [0.5, 0.6) is 0 Å². The van der Waals surface area contributed by atoms with Gasteiger partial charge < -0.3 is 10.2 Å². The summed E-state index contributed by atoms with van der Waals surface area (Å²) >= 11 is 3.51. The van der Waals surface area contributed by atoms with E-state index in [-0.39, 0.29) is 11.5 Å². The van der Waals surface area contributed by atoms with Crippen LogP contribution in [0.4, 0.5) is 5.69 Å². The van der Waals surface area contributed by atoms with Crippen molar-refractivity contribution in [1.29, 1.82) is 0 Å². The van der Waals surface area contributed by atoms with Gasteiger partial charge in [0, 0.05) is 24.7 Å². The van der Waals surface area contributed by atoms with Crippen LogP contribution in [-0.4, -0.2) is 39.7 Å². The van der Waals surface area contributed by atoms with E-state index >= 15 is 0 Å². The summed E-state index contributed by atoms with van der Waals surface area (Å²) in [7, 11) is 0. The van der Waals surface area contributed by atoms with Gasteiger partial charge in [0.2, 0.25) is 0 Å². The first-order valence-corrected chi connectivity index (χ1v) is 12.5. The number of carbonyl (C=O) groups excluding carboxylic acids is 1. The lowest BCUT2D eigenvalue weighted by atomic mass is 9.45. The summed E-state index contributed by atoms with van der Waals surface area (Å²) < 4.78 is 1.84. The van der Waals surface area contributed by atoms with Gasteiger partial charge in [0.25, 0.3) is 11.5 Å². The fourth-order valence-corrected chi connectivity index (χ4v) is 6.52. The van der Waals surface area contributed by atoms with E-state index in [4.69, 9.17) is 0 Å². The van der Waals surface area contributed by atoms with Gasteiger partial charge in [0.1, 0.15) is 4.47 Å². The number of anilines is 1. The predicted octanol–water partition coefficient (Wildman–Crippen LogP) is 4.71. The number of hydrogen-bond donors (Lipinski definition) is 1. The van der Waals surface area contributed by atoms with Crippen LogP contribution in [0.3, 0.4) is 0 Å². The Labute approximate surface area is 197 Å². The Morgan fingerprint density at radius 2 is 1.97 bits per heavy atom. The maximum atomic E-state index is 13.1. The van der Waals surface area contributed by atoms with Crippen molar-refractivity contribution in [2.75, 3.05) is 18.4 Å². The Hall–Kier alpha value is -2.15. The number of nitrogens with zero attached hydrogens (tertiary/aromatic N) is 3. The molecule has 170 valence electrons. The van der Waals surface area contributed by atoms with E-state index in [0.29, 0.717) is 33.1 Å². The zero-order chi connectivity index (χ0) is 22.6. The normalized spacial score (nSPS) is 28.3. The minimum absolute atomic E-state index is 0.0162. The molecule has 1 amide bonds. The van der Waals surface area contributed by atoms with Crippen molar-refractivity contribution in [2.45, 2.75) is 52.5 Å². The fourth-order valence-electron chi connectivity index (χ4n) is 6.13. The van der Waals surface area contributed by atoms with E-state index in [9.17, 15) is 9.59 Å². The first kappa shape index (κ1) is 21.7. The third kappa shape index (κ3) is 3.49. The number of amides is 1. The largest absolute Gasteiger partial charge is 0.380 e. The van der Waals surface area contributed by atoms with Gasteiger partial charge in [-0.1, -0.05) is 26.8 Å². The van der Waals surface area contributed by atoms with Crippen LogP contribution in [0.2, 0.25) is 0 Å². The molecule has 1 aromatic heterocycles. The first-order valence-electron chi connectivity index (χ1n) is 11.7. The van der Waals surface area contributed by atoms with Crippen molar-refractivity contribution in [2.24, 2.45) is 23.2 Å². The molecule has 2 aromatic rings. The third-order valence-electron chi connectivity index (χ3n) is 8.34. The van der Waals surface area contributed by atoms with Crippen LogP contribution in [0.15, 0.2) is 39.7 Å². The van der Waals surface area contributed by atoms with Crippen molar-refractivity contribution in [1.82, 2.24) is 14.7 Å². The smallest absolute Gasteiger partial charge is 0.287 e. The van der Waals surface area contributed by atoms with E-state index < -0.39 is 0 Å². The molecule has 6 rings (SSSR count). The second kappa shape index (κ2) is 8.01. The number of hydrogen-bond acceptors (Lipinski definition) is 4. The number of carbonyl (C=O) groups is 1. The van der Waals surface area contributed by atoms with Gasteiger partial charge in [0.15, 0.2) is 0 Å². The van der Waals surface area contributed by atoms with E-state index in [0.717, 1.165) is 49.9 Å². The number of likely N-dealkylation sites (tertiary alicyclic amines) is 1. The highest BCUT2D eigenvalue weighted by Crippen LogP contribution is 2.61. The molecule has 1 unspecified atom stereocenters. The molecule has 4 aliphatic rings. The molecule has 1 aliphatic heterocycles. The molecule has 4 fully saturated rings. The lowest BCUT2D eigenvalue weighted by Crippen LogP contribution is -2.58. The monoisotopic (exact) mass is 498 g/mol. The Kier molecular flexibility index (Phi) is 5.43. The minimum atomic E-state index is -0.227. The lowest BCUT2D eigenvalue weighted by molar-refractivity contribution is -0.105. The Morgan fingerprint density at radius 1 is 1.22 bits per heavy atom. The zero-order valence-electron chi connectivity index (χ0n) is 19.0. The molecule has 2 heterocycles. The van der Waals surface area contributed by atoms with E-state index in [1.54, 1.807) is 18.3 Å².